The molecule has 1 amide bonds. The second-order valence-electron chi connectivity index (χ2n) is 5.79. The van der Waals surface area contributed by atoms with Crippen molar-refractivity contribution < 1.29 is 19.1 Å². The Labute approximate surface area is 156 Å². The molecule has 0 bridgehead atoms. The van der Waals surface area contributed by atoms with Crippen LogP contribution < -0.4 is 10.1 Å². The Morgan fingerprint density at radius 2 is 1.67 bits per heavy atom. The van der Waals surface area contributed by atoms with Crippen LogP contribution in [0.5, 0.6) is 5.75 Å². The monoisotopic (exact) mass is 365 g/mol. The summed E-state index contributed by atoms with van der Waals surface area (Å²) in [6.45, 7) is 0. The summed E-state index contributed by atoms with van der Waals surface area (Å²) in [6.07, 6.45) is 0. The van der Waals surface area contributed by atoms with E-state index in [4.69, 9.17) is 4.74 Å². The van der Waals surface area contributed by atoms with Crippen molar-refractivity contribution in [3.8, 4) is 17.0 Å². The van der Waals surface area contributed by atoms with Gasteiger partial charge in [-0.05, 0) is 54.6 Å². The van der Waals surface area contributed by atoms with Gasteiger partial charge in [0.05, 0.1) is 25.5 Å². The molecule has 7 nitrogen and oxygen atoms in total. The Bertz CT molecular complexity index is 960. The van der Waals surface area contributed by atoms with Crippen molar-refractivity contribution in [3.63, 3.8) is 0 Å². The number of aromatic nitrogens is 2. The number of aryl methyl sites for hydroxylation is 1. The van der Waals surface area contributed by atoms with Crippen molar-refractivity contribution in [1.82, 2.24) is 9.78 Å². The number of amides is 1. The number of nitrogens with one attached hydrogen (secondary N) is 1. The number of anilines is 1. The van der Waals surface area contributed by atoms with E-state index in [1.165, 1.54) is 7.11 Å². The maximum atomic E-state index is 12.5. The minimum Gasteiger partial charge on any atom is -0.497 e. The van der Waals surface area contributed by atoms with Gasteiger partial charge >= 0.3 is 5.97 Å². The van der Waals surface area contributed by atoms with Gasteiger partial charge in [-0.15, -0.1) is 0 Å². The van der Waals surface area contributed by atoms with Gasteiger partial charge in [0.1, 0.15) is 5.75 Å². The molecule has 0 fully saturated rings. The summed E-state index contributed by atoms with van der Waals surface area (Å²) in [5, 5.41) is 7.05. The zero-order valence-electron chi connectivity index (χ0n) is 15.2. The third-order valence-corrected chi connectivity index (χ3v) is 4.06. The predicted molar refractivity (Wildman–Crippen MR) is 101 cm³/mol. The quantitative estimate of drug-likeness (QED) is 0.703. The summed E-state index contributed by atoms with van der Waals surface area (Å²) in [7, 11) is 4.71. The molecule has 0 aliphatic carbocycles. The largest absolute Gasteiger partial charge is 0.497 e. The molecule has 0 spiro atoms. The van der Waals surface area contributed by atoms with Crippen LogP contribution >= 0.6 is 0 Å². The van der Waals surface area contributed by atoms with Crippen LogP contribution in [0.1, 0.15) is 20.8 Å². The number of esters is 1. The summed E-state index contributed by atoms with van der Waals surface area (Å²) in [4.78, 5) is 23.9. The lowest BCUT2D eigenvalue weighted by molar-refractivity contribution is 0.0600. The maximum Gasteiger partial charge on any atom is 0.337 e. The van der Waals surface area contributed by atoms with Gasteiger partial charge in [-0.1, -0.05) is 0 Å². The van der Waals surface area contributed by atoms with Crippen molar-refractivity contribution in [1.29, 1.82) is 0 Å². The minimum atomic E-state index is -0.429. The molecule has 0 aliphatic heterocycles. The van der Waals surface area contributed by atoms with Crippen molar-refractivity contribution >= 4 is 17.6 Å². The first-order valence-corrected chi connectivity index (χ1v) is 8.20. The number of methoxy groups -OCH3 is 2. The van der Waals surface area contributed by atoms with Crippen molar-refractivity contribution in [2.24, 2.45) is 7.05 Å². The van der Waals surface area contributed by atoms with E-state index < -0.39 is 5.97 Å². The van der Waals surface area contributed by atoms with Crippen molar-refractivity contribution in [2.75, 3.05) is 19.5 Å². The molecule has 1 N–H and O–H groups in total. The third-order valence-electron chi connectivity index (χ3n) is 4.06. The smallest absolute Gasteiger partial charge is 0.337 e. The van der Waals surface area contributed by atoms with Crippen molar-refractivity contribution in [2.45, 2.75) is 0 Å². The number of benzene rings is 2. The van der Waals surface area contributed by atoms with E-state index in [-0.39, 0.29) is 5.91 Å². The average Bonchev–Trinajstić information content (AvgIpc) is 3.10. The summed E-state index contributed by atoms with van der Waals surface area (Å²) in [6, 6.07) is 15.7. The van der Waals surface area contributed by atoms with Crippen LogP contribution in [0.25, 0.3) is 11.3 Å². The van der Waals surface area contributed by atoms with E-state index in [0.29, 0.717) is 16.9 Å². The predicted octanol–water partition coefficient (Wildman–Crippen LogP) is 3.13. The van der Waals surface area contributed by atoms with Crippen LogP contribution in [-0.2, 0) is 11.8 Å². The van der Waals surface area contributed by atoms with E-state index in [1.807, 2.05) is 24.3 Å². The van der Waals surface area contributed by atoms with Gasteiger partial charge in [-0.3, -0.25) is 9.48 Å². The van der Waals surface area contributed by atoms with E-state index in [2.05, 4.69) is 15.2 Å². The molecule has 0 atom stereocenters. The van der Waals surface area contributed by atoms with E-state index in [9.17, 15) is 9.59 Å². The van der Waals surface area contributed by atoms with Gasteiger partial charge in [0, 0.05) is 18.3 Å². The zero-order valence-corrected chi connectivity index (χ0v) is 15.2. The van der Waals surface area contributed by atoms with Gasteiger partial charge in [-0.25, -0.2) is 4.79 Å². The zero-order chi connectivity index (χ0) is 19.4. The molecule has 0 aliphatic rings. The van der Waals surface area contributed by atoms with Gasteiger partial charge in [0.2, 0.25) is 0 Å². The molecule has 0 radical (unpaired) electrons. The topological polar surface area (TPSA) is 82.5 Å². The number of nitrogens with zero attached hydrogens (tertiary/aromatic N) is 2. The van der Waals surface area contributed by atoms with E-state index in [1.54, 1.807) is 49.2 Å². The molecule has 3 rings (SSSR count). The Hall–Kier alpha value is -3.61. The molecule has 0 saturated carbocycles. The number of ether oxygens (including phenoxy) is 2. The molecule has 138 valence electrons. The molecule has 1 heterocycles. The number of rotatable bonds is 5. The molecule has 0 unspecified atom stereocenters. The van der Waals surface area contributed by atoms with Gasteiger partial charge in [0.25, 0.3) is 5.91 Å². The fraction of sp³-hybridized carbons (Fsp3) is 0.150. The highest BCUT2D eigenvalue weighted by Gasteiger charge is 2.15. The highest BCUT2D eigenvalue weighted by atomic mass is 16.5. The molecule has 2 aromatic carbocycles. The van der Waals surface area contributed by atoms with E-state index >= 15 is 0 Å². The Morgan fingerprint density at radius 1 is 1.00 bits per heavy atom. The van der Waals surface area contributed by atoms with Crippen LogP contribution in [-0.4, -0.2) is 35.9 Å². The molecule has 1 aromatic heterocycles. The Morgan fingerprint density at radius 3 is 2.26 bits per heavy atom. The van der Waals surface area contributed by atoms with Crippen LogP contribution in [0, 0.1) is 0 Å². The van der Waals surface area contributed by atoms with Crippen LogP contribution in [0.2, 0.25) is 0 Å². The summed E-state index contributed by atoms with van der Waals surface area (Å²) in [5.74, 6) is -0.00722. The van der Waals surface area contributed by atoms with Crippen LogP contribution in [0.3, 0.4) is 0 Å². The Balaban J connectivity index is 1.76. The lowest BCUT2D eigenvalue weighted by Gasteiger charge is -2.04. The highest BCUT2D eigenvalue weighted by Crippen LogP contribution is 2.23. The summed E-state index contributed by atoms with van der Waals surface area (Å²) >= 11 is 0. The number of hydrogen-bond donors (Lipinski definition) is 1. The second kappa shape index (κ2) is 7.74. The first-order valence-electron chi connectivity index (χ1n) is 8.20. The molecule has 3 aromatic rings. The number of hydrogen-bond acceptors (Lipinski definition) is 5. The number of carbonyl (C=O) groups excluding carboxylic acids is 2. The third kappa shape index (κ3) is 3.98. The fourth-order valence-electron chi connectivity index (χ4n) is 2.61. The lowest BCUT2D eigenvalue weighted by Crippen LogP contribution is -2.13. The Kier molecular flexibility index (Phi) is 5.21. The number of carbonyl (C=O) groups is 2. The molecule has 0 saturated heterocycles. The van der Waals surface area contributed by atoms with Crippen LogP contribution in [0.15, 0.2) is 54.6 Å². The van der Waals surface area contributed by atoms with Gasteiger partial charge in [-0.2, -0.15) is 5.10 Å². The highest BCUT2D eigenvalue weighted by molar-refractivity contribution is 6.03. The standard InChI is InChI=1S/C20H19N3O4/c1-23-18(13-6-10-16(26-2)11-7-13)12-17(22-23)19(24)21-15-8-4-14(5-9-15)20(25)27-3/h4-12H,1-3H3,(H,21,24). The lowest BCUT2D eigenvalue weighted by atomic mass is 10.1. The molecular weight excluding hydrogens is 346 g/mol. The summed E-state index contributed by atoms with van der Waals surface area (Å²) in [5.41, 5.74) is 3.00. The average molecular weight is 365 g/mol. The molecular formula is C20H19N3O4. The fourth-order valence-corrected chi connectivity index (χ4v) is 2.61. The van der Waals surface area contributed by atoms with E-state index in [0.717, 1.165) is 17.0 Å². The SMILES string of the molecule is COC(=O)c1ccc(NC(=O)c2cc(-c3ccc(OC)cc3)n(C)n2)cc1. The second-order valence-corrected chi connectivity index (χ2v) is 5.79. The maximum absolute atomic E-state index is 12.5. The van der Waals surface area contributed by atoms with Crippen molar-refractivity contribution in [3.05, 3.63) is 65.9 Å². The molecule has 7 heteroatoms. The van der Waals surface area contributed by atoms with Gasteiger partial charge < -0.3 is 14.8 Å². The minimum absolute atomic E-state index is 0.292. The first kappa shape index (κ1) is 18.2. The van der Waals surface area contributed by atoms with Gasteiger partial charge in [0.15, 0.2) is 5.69 Å². The summed E-state index contributed by atoms with van der Waals surface area (Å²) < 4.78 is 11.5. The normalized spacial score (nSPS) is 10.3. The van der Waals surface area contributed by atoms with Crippen LogP contribution in [0.4, 0.5) is 5.69 Å². The first-order chi connectivity index (χ1) is 13.0. The molecule has 27 heavy (non-hydrogen) atoms.